The molecule has 2 rings (SSSR count). The third-order valence-electron chi connectivity index (χ3n) is 4.38. The molecule has 1 amide bonds. The molecule has 0 aliphatic carbocycles. The van der Waals surface area contributed by atoms with E-state index >= 15 is 0 Å². The maximum atomic E-state index is 13.1. The Bertz CT molecular complexity index is 758. The molecule has 0 spiro atoms. The molecule has 1 aromatic rings. The van der Waals surface area contributed by atoms with Crippen molar-refractivity contribution in [1.82, 2.24) is 4.31 Å². The predicted molar refractivity (Wildman–Crippen MR) is 103 cm³/mol. The molecule has 152 valence electrons. The van der Waals surface area contributed by atoms with E-state index in [0.29, 0.717) is 31.9 Å². The van der Waals surface area contributed by atoms with Gasteiger partial charge in [-0.3, -0.25) is 4.79 Å². The minimum atomic E-state index is -3.77. The molecule has 9 heteroatoms. The fourth-order valence-corrected chi connectivity index (χ4v) is 4.46. The van der Waals surface area contributed by atoms with E-state index in [1.807, 2.05) is 6.92 Å². The highest BCUT2D eigenvalue weighted by Gasteiger charge is 2.31. The molecule has 0 radical (unpaired) electrons. The summed E-state index contributed by atoms with van der Waals surface area (Å²) in [5, 5.41) is 2.72. The number of benzene rings is 1. The summed E-state index contributed by atoms with van der Waals surface area (Å²) in [4.78, 5) is 12.5. The van der Waals surface area contributed by atoms with Crippen molar-refractivity contribution in [3.63, 3.8) is 0 Å². The Labute approximate surface area is 161 Å². The number of hydrogen-bond acceptors (Lipinski definition) is 6. The number of sulfonamides is 1. The van der Waals surface area contributed by atoms with Crippen LogP contribution in [0.2, 0.25) is 0 Å². The average Bonchev–Trinajstić information content (AvgIpc) is 2.63. The van der Waals surface area contributed by atoms with Crippen LogP contribution in [0, 0.1) is 0 Å². The van der Waals surface area contributed by atoms with Crippen LogP contribution in [-0.2, 0) is 19.6 Å². The van der Waals surface area contributed by atoms with Gasteiger partial charge in [-0.05, 0) is 38.5 Å². The van der Waals surface area contributed by atoms with Crippen LogP contribution in [0.5, 0.6) is 5.75 Å². The van der Waals surface area contributed by atoms with Gasteiger partial charge in [0.25, 0.3) is 0 Å². The lowest BCUT2D eigenvalue weighted by molar-refractivity contribution is -0.120. The number of anilines is 1. The van der Waals surface area contributed by atoms with E-state index in [2.05, 4.69) is 5.32 Å². The summed E-state index contributed by atoms with van der Waals surface area (Å²) in [6.45, 7) is 6.97. The summed E-state index contributed by atoms with van der Waals surface area (Å²) in [7, 11) is -3.77. The second-order valence-corrected chi connectivity index (χ2v) is 8.64. The molecule has 1 unspecified atom stereocenters. The van der Waals surface area contributed by atoms with Gasteiger partial charge >= 0.3 is 0 Å². The molecule has 0 aromatic heterocycles. The van der Waals surface area contributed by atoms with Crippen molar-refractivity contribution >= 4 is 21.6 Å². The lowest BCUT2D eigenvalue weighted by Gasteiger charge is -2.27. The van der Waals surface area contributed by atoms with Crippen LogP contribution < -0.4 is 15.8 Å². The highest BCUT2D eigenvalue weighted by Crippen LogP contribution is 2.31. The third kappa shape index (κ3) is 5.19. The molecule has 0 bridgehead atoms. The van der Waals surface area contributed by atoms with Gasteiger partial charge in [0.15, 0.2) is 0 Å². The van der Waals surface area contributed by atoms with E-state index < -0.39 is 15.6 Å². The van der Waals surface area contributed by atoms with E-state index in [9.17, 15) is 13.2 Å². The number of nitrogens with two attached hydrogens (primary N) is 1. The first kappa shape index (κ1) is 21.6. The van der Waals surface area contributed by atoms with Gasteiger partial charge < -0.3 is 20.5 Å². The maximum Gasteiger partial charge on any atom is 0.246 e. The largest absolute Gasteiger partial charge is 0.492 e. The highest BCUT2D eigenvalue weighted by atomic mass is 32.2. The van der Waals surface area contributed by atoms with Crippen molar-refractivity contribution in [3.05, 3.63) is 18.2 Å². The summed E-state index contributed by atoms with van der Waals surface area (Å²) in [5.74, 6) is -0.103. The number of hydrogen-bond donors (Lipinski definition) is 2. The van der Waals surface area contributed by atoms with Crippen molar-refractivity contribution in [1.29, 1.82) is 0 Å². The molecule has 1 fully saturated rings. The van der Waals surface area contributed by atoms with Crippen molar-refractivity contribution in [2.45, 2.75) is 44.0 Å². The van der Waals surface area contributed by atoms with Gasteiger partial charge in [0.2, 0.25) is 15.9 Å². The van der Waals surface area contributed by atoms with Crippen LogP contribution >= 0.6 is 0 Å². The van der Waals surface area contributed by atoms with Crippen LogP contribution in [0.4, 0.5) is 5.69 Å². The minimum absolute atomic E-state index is 0.0262. The summed E-state index contributed by atoms with van der Waals surface area (Å²) < 4.78 is 38.3. The number of ether oxygens (including phenoxy) is 2. The second-order valence-electron chi connectivity index (χ2n) is 6.73. The number of nitrogens with zero attached hydrogens (tertiary/aromatic N) is 1. The molecule has 1 atom stereocenters. The Balaban J connectivity index is 2.35. The van der Waals surface area contributed by atoms with Gasteiger partial charge in [0.05, 0.1) is 25.4 Å². The lowest BCUT2D eigenvalue weighted by atomic mass is 9.96. The molecular weight excluding hydrogens is 370 g/mol. The molecular formula is C18H29N3O5S. The number of rotatable bonds is 8. The molecule has 1 heterocycles. The van der Waals surface area contributed by atoms with Crippen molar-refractivity contribution in [2.24, 2.45) is 5.73 Å². The lowest BCUT2D eigenvalue weighted by Crippen LogP contribution is -2.48. The summed E-state index contributed by atoms with van der Waals surface area (Å²) >= 11 is 0. The predicted octanol–water partition coefficient (Wildman–Crippen LogP) is 1.56. The van der Waals surface area contributed by atoms with Crippen molar-refractivity contribution in [2.75, 3.05) is 38.2 Å². The molecule has 8 nitrogen and oxygen atoms in total. The first-order valence-corrected chi connectivity index (χ1v) is 10.6. The van der Waals surface area contributed by atoms with Crippen LogP contribution in [0.3, 0.4) is 0 Å². The Hall–Kier alpha value is -1.68. The summed E-state index contributed by atoms with van der Waals surface area (Å²) in [6.07, 6.45) is 1.29. The quantitative estimate of drug-likeness (QED) is 0.686. The monoisotopic (exact) mass is 399 g/mol. The molecule has 0 saturated carbocycles. The zero-order valence-corrected chi connectivity index (χ0v) is 17.0. The number of carbonyl (C=O) groups is 1. The van der Waals surface area contributed by atoms with Crippen LogP contribution in [0.1, 0.15) is 33.6 Å². The molecule has 1 aliphatic heterocycles. The summed E-state index contributed by atoms with van der Waals surface area (Å²) in [5.41, 5.74) is 5.39. The zero-order valence-electron chi connectivity index (χ0n) is 16.2. The molecule has 27 heavy (non-hydrogen) atoms. The number of morpholine rings is 1. The van der Waals surface area contributed by atoms with Gasteiger partial charge in [-0.2, -0.15) is 4.31 Å². The Morgan fingerprint density at radius 3 is 2.59 bits per heavy atom. The Kier molecular flexibility index (Phi) is 7.21. The van der Waals surface area contributed by atoms with Crippen LogP contribution in [0.25, 0.3) is 0 Å². The van der Waals surface area contributed by atoms with Gasteiger partial charge in [0.1, 0.15) is 10.6 Å². The fraction of sp³-hybridized carbons (Fsp3) is 0.611. The third-order valence-corrected chi connectivity index (χ3v) is 6.30. The van der Waals surface area contributed by atoms with E-state index in [4.69, 9.17) is 15.2 Å². The van der Waals surface area contributed by atoms with Crippen molar-refractivity contribution in [3.8, 4) is 5.75 Å². The maximum absolute atomic E-state index is 13.1. The topological polar surface area (TPSA) is 111 Å². The zero-order chi connectivity index (χ0) is 20.1. The average molecular weight is 400 g/mol. The number of carbonyl (C=O) groups excluding carboxylic acids is 1. The molecule has 1 aliphatic rings. The van der Waals surface area contributed by atoms with E-state index in [1.54, 1.807) is 26.0 Å². The Morgan fingerprint density at radius 1 is 1.33 bits per heavy atom. The van der Waals surface area contributed by atoms with Crippen molar-refractivity contribution < 1.29 is 22.7 Å². The molecule has 1 saturated heterocycles. The minimum Gasteiger partial charge on any atom is -0.492 e. The first-order chi connectivity index (χ1) is 12.7. The van der Waals surface area contributed by atoms with E-state index in [1.165, 1.54) is 10.4 Å². The standard InChI is InChI=1S/C18H29N3O5S/c1-4-8-18(3,19)17(22)20-14-6-7-15(26-5-2)16(13-14)27(23,24)21-9-11-25-12-10-21/h6-7,13H,4-5,8-12,19H2,1-3H3,(H,20,22). The van der Waals surface area contributed by atoms with E-state index in [-0.39, 0.29) is 29.6 Å². The SMILES string of the molecule is CCCC(C)(N)C(=O)Nc1ccc(OCC)c(S(=O)(=O)N2CCOCC2)c1. The Morgan fingerprint density at radius 2 is 2.00 bits per heavy atom. The molecule has 1 aromatic carbocycles. The molecule has 3 N–H and O–H groups in total. The fourth-order valence-electron chi connectivity index (χ4n) is 2.89. The van der Waals surface area contributed by atoms with Gasteiger partial charge in [-0.1, -0.05) is 13.3 Å². The van der Waals surface area contributed by atoms with Crippen LogP contribution in [0.15, 0.2) is 23.1 Å². The number of nitrogens with one attached hydrogen (secondary N) is 1. The van der Waals surface area contributed by atoms with Gasteiger partial charge in [0, 0.05) is 18.8 Å². The van der Waals surface area contributed by atoms with Gasteiger partial charge in [-0.15, -0.1) is 0 Å². The summed E-state index contributed by atoms with van der Waals surface area (Å²) in [6, 6.07) is 4.60. The van der Waals surface area contributed by atoms with Gasteiger partial charge in [-0.25, -0.2) is 8.42 Å². The normalized spacial score (nSPS) is 17.9. The van der Waals surface area contributed by atoms with E-state index in [0.717, 1.165) is 6.42 Å². The van der Waals surface area contributed by atoms with Crippen LogP contribution in [-0.4, -0.2) is 57.1 Å². The smallest absolute Gasteiger partial charge is 0.246 e. The first-order valence-electron chi connectivity index (χ1n) is 9.17. The second kappa shape index (κ2) is 9.01. The number of amides is 1. The highest BCUT2D eigenvalue weighted by molar-refractivity contribution is 7.89.